The van der Waals surface area contributed by atoms with Crippen LogP contribution in [0.2, 0.25) is 0 Å². The monoisotopic (exact) mass is 284 g/mol. The molecule has 2 N–H and O–H groups in total. The highest BCUT2D eigenvalue weighted by molar-refractivity contribution is 5.76. The highest BCUT2D eigenvalue weighted by atomic mass is 19.4. The quantitative estimate of drug-likeness (QED) is 0.810. The molecule has 1 unspecified atom stereocenters. The Balaban J connectivity index is 4.61. The van der Waals surface area contributed by atoms with E-state index in [0.717, 1.165) is 4.90 Å². The Morgan fingerprint density at radius 3 is 2.05 bits per heavy atom. The van der Waals surface area contributed by atoms with Gasteiger partial charge in [0.05, 0.1) is 5.92 Å². The maximum atomic E-state index is 12.7. The van der Waals surface area contributed by atoms with Gasteiger partial charge in [0.2, 0.25) is 0 Å². The summed E-state index contributed by atoms with van der Waals surface area (Å²) in [4.78, 5) is 23.1. The van der Waals surface area contributed by atoms with Gasteiger partial charge in [-0.25, -0.2) is 4.79 Å². The predicted molar refractivity (Wildman–Crippen MR) is 62.6 cm³/mol. The molecule has 0 saturated carbocycles. The van der Waals surface area contributed by atoms with Crippen LogP contribution in [0.5, 0.6) is 0 Å². The van der Waals surface area contributed by atoms with Crippen LogP contribution < -0.4 is 5.32 Å². The largest absolute Gasteiger partial charge is 0.481 e. The van der Waals surface area contributed by atoms with Gasteiger partial charge < -0.3 is 15.3 Å². The number of aliphatic carboxylic acids is 1. The van der Waals surface area contributed by atoms with Gasteiger partial charge in [-0.2, -0.15) is 13.2 Å². The molecule has 0 aromatic carbocycles. The smallest absolute Gasteiger partial charge is 0.408 e. The summed E-state index contributed by atoms with van der Waals surface area (Å²) in [6.07, 6.45) is -4.54. The molecule has 0 radical (unpaired) electrons. The van der Waals surface area contributed by atoms with E-state index in [4.69, 9.17) is 5.11 Å². The van der Waals surface area contributed by atoms with E-state index < -0.39 is 36.1 Å². The molecule has 0 aliphatic rings. The lowest BCUT2D eigenvalue weighted by atomic mass is 10.0. The van der Waals surface area contributed by atoms with Crippen molar-refractivity contribution in [1.82, 2.24) is 10.2 Å². The summed E-state index contributed by atoms with van der Waals surface area (Å²) in [6, 6.07) is -2.90. The van der Waals surface area contributed by atoms with E-state index in [1.165, 1.54) is 27.8 Å². The molecule has 0 spiro atoms. The molecular weight excluding hydrogens is 265 g/mol. The Labute approximate surface area is 109 Å². The van der Waals surface area contributed by atoms with E-state index in [2.05, 4.69) is 0 Å². The number of halogens is 3. The molecule has 0 aromatic heterocycles. The van der Waals surface area contributed by atoms with Crippen LogP contribution in [0.3, 0.4) is 0 Å². The molecule has 8 heteroatoms. The van der Waals surface area contributed by atoms with Gasteiger partial charge in [-0.05, 0) is 5.92 Å². The Morgan fingerprint density at radius 1 is 1.26 bits per heavy atom. The molecule has 0 heterocycles. The Kier molecular flexibility index (Phi) is 6.11. The molecule has 0 aromatic rings. The molecule has 0 bridgehead atoms. The van der Waals surface area contributed by atoms with Crippen molar-refractivity contribution in [3.8, 4) is 0 Å². The van der Waals surface area contributed by atoms with Gasteiger partial charge in [0.25, 0.3) is 0 Å². The molecule has 5 nitrogen and oxygen atoms in total. The maximum absolute atomic E-state index is 12.7. The second-order valence-electron chi connectivity index (χ2n) is 4.83. The standard InChI is InChI=1S/C11H19F3N2O3/c1-6(2)8(11(12,13)14)15-10(19)16(4)5-7(3)9(17)18/h6-8H,5H2,1-4H3,(H,15,19)(H,17,18)/t7?,8-/m0/s1. The first-order valence-corrected chi connectivity index (χ1v) is 5.78. The molecule has 0 rings (SSSR count). The van der Waals surface area contributed by atoms with E-state index in [1.54, 1.807) is 0 Å². The van der Waals surface area contributed by atoms with Crippen LogP contribution in [0.15, 0.2) is 0 Å². The van der Waals surface area contributed by atoms with Crippen LogP contribution in [0.4, 0.5) is 18.0 Å². The minimum atomic E-state index is -4.54. The highest BCUT2D eigenvalue weighted by Gasteiger charge is 2.43. The normalized spacial score (nSPS) is 14.9. The third kappa shape index (κ3) is 5.80. The first-order chi connectivity index (χ1) is 8.46. The SMILES string of the molecule is CC(CN(C)C(=O)N[C@@H](C(C)C)C(F)(F)F)C(=O)O. The van der Waals surface area contributed by atoms with Crippen molar-refractivity contribution < 1.29 is 27.9 Å². The fourth-order valence-corrected chi connectivity index (χ4v) is 1.44. The molecule has 0 fully saturated rings. The van der Waals surface area contributed by atoms with Crippen LogP contribution in [-0.4, -0.2) is 47.8 Å². The number of hydrogen-bond acceptors (Lipinski definition) is 2. The number of carboxylic acid groups (broad SMARTS) is 1. The number of hydrogen-bond donors (Lipinski definition) is 2. The highest BCUT2D eigenvalue weighted by Crippen LogP contribution is 2.25. The first kappa shape index (κ1) is 17.5. The number of carbonyl (C=O) groups is 2. The fourth-order valence-electron chi connectivity index (χ4n) is 1.44. The van der Waals surface area contributed by atoms with Gasteiger partial charge in [0.1, 0.15) is 6.04 Å². The molecule has 112 valence electrons. The molecule has 0 aliphatic heterocycles. The number of urea groups is 1. The number of amides is 2. The van der Waals surface area contributed by atoms with E-state index >= 15 is 0 Å². The van der Waals surface area contributed by atoms with Crippen LogP contribution in [0.1, 0.15) is 20.8 Å². The summed E-state index contributed by atoms with van der Waals surface area (Å²) in [5.74, 6) is -2.77. The van der Waals surface area contributed by atoms with Crippen molar-refractivity contribution in [3.63, 3.8) is 0 Å². The predicted octanol–water partition coefficient (Wildman–Crippen LogP) is 1.94. The van der Waals surface area contributed by atoms with Crippen LogP contribution in [0, 0.1) is 11.8 Å². The minimum Gasteiger partial charge on any atom is -0.481 e. The number of alkyl halides is 3. The summed E-state index contributed by atoms with van der Waals surface area (Å²) in [5, 5.41) is 10.5. The summed E-state index contributed by atoms with van der Waals surface area (Å²) < 4.78 is 38.0. The van der Waals surface area contributed by atoms with Crippen LogP contribution >= 0.6 is 0 Å². The van der Waals surface area contributed by atoms with Crippen molar-refractivity contribution in [2.24, 2.45) is 11.8 Å². The number of nitrogens with one attached hydrogen (secondary N) is 1. The zero-order chi connectivity index (χ0) is 15.4. The molecule has 0 aliphatic carbocycles. The zero-order valence-electron chi connectivity index (χ0n) is 11.3. The molecule has 19 heavy (non-hydrogen) atoms. The van der Waals surface area contributed by atoms with Crippen LogP contribution in [0.25, 0.3) is 0 Å². The molecule has 2 amide bonds. The van der Waals surface area contributed by atoms with Crippen molar-refractivity contribution in [2.45, 2.75) is 33.0 Å². The lowest BCUT2D eigenvalue weighted by molar-refractivity contribution is -0.162. The average molecular weight is 284 g/mol. The van der Waals surface area contributed by atoms with E-state index in [1.807, 2.05) is 5.32 Å². The van der Waals surface area contributed by atoms with Gasteiger partial charge in [-0.15, -0.1) is 0 Å². The van der Waals surface area contributed by atoms with Crippen molar-refractivity contribution in [2.75, 3.05) is 13.6 Å². The number of nitrogens with zero attached hydrogens (tertiary/aromatic N) is 1. The molecular formula is C11H19F3N2O3. The average Bonchev–Trinajstić information content (AvgIpc) is 2.22. The molecule has 0 saturated heterocycles. The van der Waals surface area contributed by atoms with Gasteiger partial charge >= 0.3 is 18.2 Å². The number of carboxylic acids is 1. The third-order valence-corrected chi connectivity index (χ3v) is 2.61. The summed E-state index contributed by atoms with van der Waals surface area (Å²) in [7, 11) is 1.25. The van der Waals surface area contributed by atoms with E-state index in [-0.39, 0.29) is 6.54 Å². The number of rotatable bonds is 5. The lowest BCUT2D eigenvalue weighted by Crippen LogP contribution is -2.53. The van der Waals surface area contributed by atoms with Gasteiger partial charge in [0, 0.05) is 13.6 Å². The summed E-state index contributed by atoms with van der Waals surface area (Å²) in [5.41, 5.74) is 0. The molecule has 2 atom stereocenters. The second-order valence-corrected chi connectivity index (χ2v) is 4.83. The Bertz CT molecular complexity index is 332. The zero-order valence-corrected chi connectivity index (χ0v) is 11.3. The summed E-state index contributed by atoms with van der Waals surface area (Å²) >= 11 is 0. The fraction of sp³-hybridized carbons (Fsp3) is 0.818. The lowest BCUT2D eigenvalue weighted by Gasteiger charge is -2.28. The van der Waals surface area contributed by atoms with E-state index in [9.17, 15) is 22.8 Å². The topological polar surface area (TPSA) is 69.6 Å². The van der Waals surface area contributed by atoms with Crippen molar-refractivity contribution in [1.29, 1.82) is 0 Å². The van der Waals surface area contributed by atoms with Crippen molar-refractivity contribution in [3.05, 3.63) is 0 Å². The Hall–Kier alpha value is -1.47. The maximum Gasteiger partial charge on any atom is 0.408 e. The Morgan fingerprint density at radius 2 is 1.74 bits per heavy atom. The summed E-state index contributed by atoms with van der Waals surface area (Å²) in [6.45, 7) is 3.90. The van der Waals surface area contributed by atoms with Gasteiger partial charge in [-0.3, -0.25) is 4.79 Å². The van der Waals surface area contributed by atoms with Gasteiger partial charge in [0.15, 0.2) is 0 Å². The van der Waals surface area contributed by atoms with Crippen LogP contribution in [-0.2, 0) is 4.79 Å². The van der Waals surface area contributed by atoms with E-state index in [0.29, 0.717) is 0 Å². The van der Waals surface area contributed by atoms with Crippen molar-refractivity contribution >= 4 is 12.0 Å². The number of carbonyl (C=O) groups excluding carboxylic acids is 1. The minimum absolute atomic E-state index is 0.163. The first-order valence-electron chi connectivity index (χ1n) is 5.78. The van der Waals surface area contributed by atoms with Gasteiger partial charge in [-0.1, -0.05) is 20.8 Å². The second kappa shape index (κ2) is 6.63. The third-order valence-electron chi connectivity index (χ3n) is 2.61.